The first-order valence-corrected chi connectivity index (χ1v) is 10.4. The van der Waals surface area contributed by atoms with Crippen LogP contribution in [0.5, 0.6) is 0 Å². The average Bonchev–Trinajstić information content (AvgIpc) is 2.71. The first kappa shape index (κ1) is 21.6. The lowest BCUT2D eigenvalue weighted by atomic mass is 10.0. The normalized spacial score (nSPS) is 14.9. The number of hydrogen-bond acceptors (Lipinski definition) is 3. The van der Waals surface area contributed by atoms with Crippen molar-refractivity contribution in [2.45, 2.75) is 46.1 Å². The molecule has 1 saturated heterocycles. The summed E-state index contributed by atoms with van der Waals surface area (Å²) in [6.45, 7) is 6.29. The molecule has 3 rings (SSSR count). The molecule has 30 heavy (non-hydrogen) atoms. The van der Waals surface area contributed by atoms with E-state index in [9.17, 15) is 14.4 Å². The molecule has 0 spiro atoms. The SMILES string of the molecule is Cc1cc(C)c(NC(=O)CNC(=O)C(c2ccccc2)N2CCCCC2=O)c(C)c1. The maximum Gasteiger partial charge on any atom is 0.247 e. The third kappa shape index (κ3) is 5.06. The van der Waals surface area contributed by atoms with Crippen molar-refractivity contribution < 1.29 is 14.4 Å². The highest BCUT2D eigenvalue weighted by atomic mass is 16.2. The van der Waals surface area contributed by atoms with Crippen LogP contribution in [0.25, 0.3) is 0 Å². The molecule has 1 atom stereocenters. The molecule has 0 radical (unpaired) electrons. The minimum atomic E-state index is -0.727. The standard InChI is InChI=1S/C24H29N3O3/c1-16-13-17(2)22(18(3)14-16)26-20(28)15-25-24(30)23(19-9-5-4-6-10-19)27-12-8-7-11-21(27)29/h4-6,9-10,13-14,23H,7-8,11-12,15H2,1-3H3,(H,25,30)(H,26,28). The van der Waals surface area contributed by atoms with E-state index in [4.69, 9.17) is 0 Å². The second-order valence-corrected chi connectivity index (χ2v) is 7.90. The Morgan fingerprint density at radius 1 is 1.03 bits per heavy atom. The molecule has 1 aliphatic heterocycles. The van der Waals surface area contributed by atoms with Crippen molar-refractivity contribution in [3.05, 3.63) is 64.7 Å². The van der Waals surface area contributed by atoms with Gasteiger partial charge in [-0.2, -0.15) is 0 Å². The first-order chi connectivity index (χ1) is 14.4. The van der Waals surface area contributed by atoms with Gasteiger partial charge < -0.3 is 15.5 Å². The number of carbonyl (C=O) groups is 3. The van der Waals surface area contributed by atoms with E-state index in [1.54, 1.807) is 4.90 Å². The number of amides is 3. The van der Waals surface area contributed by atoms with Crippen molar-refractivity contribution in [3.8, 4) is 0 Å². The number of nitrogens with zero attached hydrogens (tertiary/aromatic N) is 1. The van der Waals surface area contributed by atoms with Crippen LogP contribution in [0.3, 0.4) is 0 Å². The van der Waals surface area contributed by atoms with Gasteiger partial charge in [-0.25, -0.2) is 0 Å². The molecule has 2 N–H and O–H groups in total. The lowest BCUT2D eigenvalue weighted by Crippen LogP contribution is -2.47. The van der Waals surface area contributed by atoms with Crippen LogP contribution in [0.1, 0.15) is 47.6 Å². The third-order valence-electron chi connectivity index (χ3n) is 5.40. The van der Waals surface area contributed by atoms with Crippen molar-refractivity contribution in [3.63, 3.8) is 0 Å². The Balaban J connectivity index is 1.70. The number of aryl methyl sites for hydroxylation is 3. The Morgan fingerprint density at radius 2 is 1.70 bits per heavy atom. The summed E-state index contributed by atoms with van der Waals surface area (Å²) in [4.78, 5) is 39.6. The number of piperidine rings is 1. The monoisotopic (exact) mass is 407 g/mol. The van der Waals surface area contributed by atoms with E-state index in [1.165, 1.54) is 0 Å². The van der Waals surface area contributed by atoms with E-state index in [2.05, 4.69) is 10.6 Å². The predicted octanol–water partition coefficient (Wildman–Crippen LogP) is 3.42. The van der Waals surface area contributed by atoms with Gasteiger partial charge in [0.1, 0.15) is 6.04 Å². The van der Waals surface area contributed by atoms with E-state index in [0.29, 0.717) is 13.0 Å². The van der Waals surface area contributed by atoms with Crippen LogP contribution in [0.4, 0.5) is 5.69 Å². The summed E-state index contributed by atoms with van der Waals surface area (Å²) in [6, 6.07) is 12.5. The third-order valence-corrected chi connectivity index (χ3v) is 5.40. The molecule has 0 aliphatic carbocycles. The number of benzene rings is 2. The number of rotatable bonds is 6. The molecule has 3 amide bonds. The van der Waals surface area contributed by atoms with Gasteiger partial charge in [-0.1, -0.05) is 48.0 Å². The molecule has 0 aromatic heterocycles. The van der Waals surface area contributed by atoms with Gasteiger partial charge in [0.2, 0.25) is 17.7 Å². The van der Waals surface area contributed by atoms with Crippen LogP contribution in [0.2, 0.25) is 0 Å². The molecular weight excluding hydrogens is 378 g/mol. The molecule has 2 aromatic rings. The molecule has 2 aromatic carbocycles. The minimum absolute atomic E-state index is 0.0272. The van der Waals surface area contributed by atoms with Gasteiger partial charge in [-0.3, -0.25) is 14.4 Å². The molecule has 6 nitrogen and oxygen atoms in total. The van der Waals surface area contributed by atoms with Crippen molar-refractivity contribution in [2.24, 2.45) is 0 Å². The largest absolute Gasteiger partial charge is 0.345 e. The van der Waals surface area contributed by atoms with E-state index in [0.717, 1.165) is 40.8 Å². The lowest BCUT2D eigenvalue weighted by molar-refractivity contribution is -0.142. The number of anilines is 1. The van der Waals surface area contributed by atoms with Gasteiger partial charge in [-0.05, 0) is 50.3 Å². The van der Waals surface area contributed by atoms with Gasteiger partial charge in [0, 0.05) is 18.7 Å². The summed E-state index contributed by atoms with van der Waals surface area (Å²) in [6.07, 6.45) is 2.16. The number of likely N-dealkylation sites (tertiary alicyclic amines) is 1. The molecule has 1 fully saturated rings. The first-order valence-electron chi connectivity index (χ1n) is 10.4. The van der Waals surface area contributed by atoms with Gasteiger partial charge in [0.25, 0.3) is 0 Å². The molecule has 0 bridgehead atoms. The number of nitrogens with one attached hydrogen (secondary N) is 2. The summed E-state index contributed by atoms with van der Waals surface area (Å²) >= 11 is 0. The highest BCUT2D eigenvalue weighted by molar-refractivity contribution is 5.97. The fourth-order valence-electron chi connectivity index (χ4n) is 4.03. The molecule has 1 aliphatic rings. The van der Waals surface area contributed by atoms with Crippen molar-refractivity contribution in [1.82, 2.24) is 10.2 Å². The van der Waals surface area contributed by atoms with Crippen LogP contribution < -0.4 is 10.6 Å². The lowest BCUT2D eigenvalue weighted by Gasteiger charge is -2.34. The number of hydrogen-bond donors (Lipinski definition) is 2. The Kier molecular flexibility index (Phi) is 6.87. The molecule has 1 heterocycles. The Morgan fingerprint density at radius 3 is 2.33 bits per heavy atom. The summed E-state index contributed by atoms with van der Waals surface area (Å²) in [5.74, 6) is -0.667. The van der Waals surface area contributed by atoms with Crippen molar-refractivity contribution >= 4 is 23.4 Å². The Hall–Kier alpha value is -3.15. The van der Waals surface area contributed by atoms with Crippen LogP contribution in [-0.2, 0) is 14.4 Å². The second kappa shape index (κ2) is 9.57. The number of carbonyl (C=O) groups excluding carboxylic acids is 3. The Bertz CT molecular complexity index is 917. The van der Waals surface area contributed by atoms with Crippen LogP contribution in [0.15, 0.2) is 42.5 Å². The van der Waals surface area contributed by atoms with Crippen molar-refractivity contribution in [1.29, 1.82) is 0 Å². The van der Waals surface area contributed by atoms with Crippen LogP contribution in [0, 0.1) is 20.8 Å². The fourth-order valence-corrected chi connectivity index (χ4v) is 4.03. The zero-order valence-electron chi connectivity index (χ0n) is 17.8. The maximum atomic E-state index is 13.0. The average molecular weight is 408 g/mol. The summed E-state index contributed by atoms with van der Waals surface area (Å²) in [7, 11) is 0. The Labute approximate surface area is 177 Å². The maximum absolute atomic E-state index is 13.0. The van der Waals surface area contributed by atoms with Gasteiger partial charge in [0.05, 0.1) is 6.54 Å². The van der Waals surface area contributed by atoms with Crippen molar-refractivity contribution in [2.75, 3.05) is 18.4 Å². The predicted molar refractivity (Wildman–Crippen MR) is 117 cm³/mol. The molecular formula is C24H29N3O3. The quantitative estimate of drug-likeness (QED) is 0.770. The summed E-state index contributed by atoms with van der Waals surface area (Å²) in [5.41, 5.74) is 4.61. The smallest absolute Gasteiger partial charge is 0.247 e. The molecule has 6 heteroatoms. The van der Waals surface area contributed by atoms with E-state index in [-0.39, 0.29) is 24.3 Å². The van der Waals surface area contributed by atoms with E-state index >= 15 is 0 Å². The topological polar surface area (TPSA) is 78.5 Å². The summed E-state index contributed by atoms with van der Waals surface area (Å²) < 4.78 is 0. The zero-order chi connectivity index (χ0) is 21.7. The zero-order valence-corrected chi connectivity index (χ0v) is 17.8. The molecule has 1 unspecified atom stereocenters. The van der Waals surface area contributed by atoms with Gasteiger partial charge in [-0.15, -0.1) is 0 Å². The van der Waals surface area contributed by atoms with Crippen LogP contribution in [-0.4, -0.2) is 35.7 Å². The van der Waals surface area contributed by atoms with Gasteiger partial charge >= 0.3 is 0 Å². The second-order valence-electron chi connectivity index (χ2n) is 7.90. The molecule has 0 saturated carbocycles. The highest BCUT2D eigenvalue weighted by Crippen LogP contribution is 2.26. The summed E-state index contributed by atoms with van der Waals surface area (Å²) in [5, 5.41) is 5.62. The van der Waals surface area contributed by atoms with E-state index in [1.807, 2.05) is 63.2 Å². The fraction of sp³-hybridized carbons (Fsp3) is 0.375. The van der Waals surface area contributed by atoms with Crippen LogP contribution >= 0.6 is 0 Å². The highest BCUT2D eigenvalue weighted by Gasteiger charge is 2.32. The van der Waals surface area contributed by atoms with Gasteiger partial charge in [0.15, 0.2) is 0 Å². The van der Waals surface area contributed by atoms with E-state index < -0.39 is 6.04 Å². The molecule has 158 valence electrons. The minimum Gasteiger partial charge on any atom is -0.345 e.